The monoisotopic (exact) mass is 484 g/mol. The summed E-state index contributed by atoms with van der Waals surface area (Å²) in [5.74, 6) is 1.40. The maximum Gasteiger partial charge on any atom is 0.251 e. The van der Waals surface area contributed by atoms with E-state index in [1.54, 1.807) is 13.2 Å². The minimum Gasteiger partial charge on any atom is -0.493 e. The van der Waals surface area contributed by atoms with Gasteiger partial charge in [0.25, 0.3) is 5.91 Å². The molecule has 2 heterocycles. The van der Waals surface area contributed by atoms with Gasteiger partial charge < -0.3 is 14.4 Å². The Bertz CT molecular complexity index is 954. The van der Waals surface area contributed by atoms with Crippen molar-refractivity contribution in [1.29, 1.82) is 0 Å². The van der Waals surface area contributed by atoms with Gasteiger partial charge in [-0.2, -0.15) is 0 Å². The SMILES string of the molecule is COc1cc2c(cc1OCCN1CCCCC1)N(C(=O)/C=C/c1ccccc1Br)CC2. The van der Waals surface area contributed by atoms with Crippen molar-refractivity contribution in [1.82, 2.24) is 4.90 Å². The summed E-state index contributed by atoms with van der Waals surface area (Å²) in [7, 11) is 1.66. The highest BCUT2D eigenvalue weighted by molar-refractivity contribution is 9.10. The molecule has 164 valence electrons. The van der Waals surface area contributed by atoms with Gasteiger partial charge >= 0.3 is 0 Å². The zero-order chi connectivity index (χ0) is 21.6. The largest absolute Gasteiger partial charge is 0.493 e. The van der Waals surface area contributed by atoms with Crippen LogP contribution in [0.5, 0.6) is 11.5 Å². The van der Waals surface area contributed by atoms with E-state index in [0.29, 0.717) is 18.9 Å². The van der Waals surface area contributed by atoms with Crippen molar-refractivity contribution in [2.75, 3.05) is 44.8 Å². The maximum atomic E-state index is 12.9. The minimum atomic E-state index is -0.0288. The molecule has 6 heteroatoms. The van der Waals surface area contributed by atoms with Crippen LogP contribution in [0.1, 0.15) is 30.4 Å². The van der Waals surface area contributed by atoms with Crippen LogP contribution in [0, 0.1) is 0 Å². The third-order valence-electron chi connectivity index (χ3n) is 5.95. The molecule has 5 nitrogen and oxygen atoms in total. The van der Waals surface area contributed by atoms with Crippen LogP contribution in [0.4, 0.5) is 5.69 Å². The first-order valence-electron chi connectivity index (χ1n) is 11.0. The Morgan fingerprint density at radius 1 is 1.10 bits per heavy atom. The number of likely N-dealkylation sites (tertiary alicyclic amines) is 1. The minimum absolute atomic E-state index is 0.0288. The third kappa shape index (κ3) is 5.31. The van der Waals surface area contributed by atoms with Crippen LogP contribution < -0.4 is 14.4 Å². The van der Waals surface area contributed by atoms with Crippen LogP contribution in [0.3, 0.4) is 0 Å². The van der Waals surface area contributed by atoms with E-state index >= 15 is 0 Å². The summed E-state index contributed by atoms with van der Waals surface area (Å²) in [5.41, 5.74) is 3.00. The van der Waals surface area contributed by atoms with Gasteiger partial charge in [0.1, 0.15) is 6.61 Å². The fourth-order valence-electron chi connectivity index (χ4n) is 4.23. The molecule has 2 aliphatic rings. The van der Waals surface area contributed by atoms with Gasteiger partial charge in [-0.3, -0.25) is 9.69 Å². The van der Waals surface area contributed by atoms with Gasteiger partial charge in [-0.1, -0.05) is 40.5 Å². The molecular weight excluding hydrogens is 456 g/mol. The number of fused-ring (bicyclic) bond motifs is 1. The first-order chi connectivity index (χ1) is 15.2. The number of halogens is 1. The average molecular weight is 485 g/mol. The highest BCUT2D eigenvalue weighted by Gasteiger charge is 2.26. The van der Waals surface area contributed by atoms with Gasteiger partial charge in [0.2, 0.25) is 0 Å². The molecule has 2 aliphatic heterocycles. The number of anilines is 1. The van der Waals surface area contributed by atoms with E-state index in [2.05, 4.69) is 20.8 Å². The number of benzene rings is 2. The molecule has 0 aromatic heterocycles. The zero-order valence-corrected chi connectivity index (χ0v) is 19.6. The van der Waals surface area contributed by atoms with Gasteiger partial charge in [0.15, 0.2) is 11.5 Å². The molecular formula is C25H29BrN2O3. The Balaban J connectivity index is 1.46. The molecule has 4 rings (SSSR count). The number of hydrogen-bond donors (Lipinski definition) is 0. The van der Waals surface area contributed by atoms with Crippen LogP contribution in [0.15, 0.2) is 46.9 Å². The fraction of sp³-hybridized carbons (Fsp3) is 0.400. The summed E-state index contributed by atoms with van der Waals surface area (Å²) in [6.07, 6.45) is 8.17. The zero-order valence-electron chi connectivity index (χ0n) is 18.0. The smallest absolute Gasteiger partial charge is 0.251 e. The van der Waals surface area contributed by atoms with E-state index in [1.807, 2.05) is 47.4 Å². The molecule has 0 radical (unpaired) electrons. The highest BCUT2D eigenvalue weighted by atomic mass is 79.9. The predicted octanol–water partition coefficient (Wildman–Crippen LogP) is 4.92. The first kappa shape index (κ1) is 21.9. The van der Waals surface area contributed by atoms with Crippen LogP contribution in [-0.2, 0) is 11.2 Å². The lowest BCUT2D eigenvalue weighted by molar-refractivity contribution is -0.114. The lowest BCUT2D eigenvalue weighted by Gasteiger charge is -2.26. The molecule has 0 unspecified atom stereocenters. The molecule has 0 atom stereocenters. The van der Waals surface area contributed by atoms with E-state index in [-0.39, 0.29) is 5.91 Å². The molecule has 0 spiro atoms. The van der Waals surface area contributed by atoms with E-state index in [0.717, 1.165) is 53.1 Å². The number of hydrogen-bond acceptors (Lipinski definition) is 4. The number of nitrogens with zero attached hydrogens (tertiary/aromatic N) is 2. The Morgan fingerprint density at radius 3 is 2.68 bits per heavy atom. The Morgan fingerprint density at radius 2 is 1.90 bits per heavy atom. The van der Waals surface area contributed by atoms with Crippen LogP contribution in [-0.4, -0.2) is 50.7 Å². The van der Waals surface area contributed by atoms with Crippen LogP contribution >= 0.6 is 15.9 Å². The summed E-state index contributed by atoms with van der Waals surface area (Å²) >= 11 is 3.52. The second-order valence-corrected chi connectivity index (χ2v) is 8.83. The standard InChI is InChI=1S/C25H29BrN2O3/c1-30-23-17-20-11-14-28(25(29)10-9-19-7-3-4-8-21(19)26)22(20)18-24(23)31-16-15-27-12-5-2-6-13-27/h3-4,7-10,17-18H,2,5-6,11-16H2,1H3/b10-9+. The second-order valence-electron chi connectivity index (χ2n) is 7.98. The normalized spacial score (nSPS) is 16.5. The van der Waals surface area contributed by atoms with Crippen LogP contribution in [0.2, 0.25) is 0 Å². The topological polar surface area (TPSA) is 42.0 Å². The number of ether oxygens (including phenoxy) is 2. The number of carbonyl (C=O) groups is 1. The second kappa shape index (κ2) is 10.3. The fourth-order valence-corrected chi connectivity index (χ4v) is 4.64. The first-order valence-corrected chi connectivity index (χ1v) is 11.7. The Labute approximate surface area is 192 Å². The molecule has 2 aromatic rings. The molecule has 2 aromatic carbocycles. The summed E-state index contributed by atoms with van der Waals surface area (Å²) in [6.45, 7) is 4.49. The quantitative estimate of drug-likeness (QED) is 0.522. The summed E-state index contributed by atoms with van der Waals surface area (Å²) < 4.78 is 12.6. The molecule has 1 saturated heterocycles. The summed E-state index contributed by atoms with van der Waals surface area (Å²) in [5, 5.41) is 0. The van der Waals surface area contributed by atoms with Crippen molar-refractivity contribution in [2.24, 2.45) is 0 Å². The number of piperidine rings is 1. The lowest BCUT2D eigenvalue weighted by atomic mass is 10.1. The average Bonchev–Trinajstić information content (AvgIpc) is 3.21. The predicted molar refractivity (Wildman–Crippen MR) is 128 cm³/mol. The molecule has 0 bridgehead atoms. The van der Waals surface area contributed by atoms with E-state index < -0.39 is 0 Å². The third-order valence-corrected chi connectivity index (χ3v) is 6.67. The summed E-state index contributed by atoms with van der Waals surface area (Å²) in [6, 6.07) is 11.8. The molecule has 0 aliphatic carbocycles. The van der Waals surface area contributed by atoms with E-state index in [1.165, 1.54) is 19.3 Å². The number of amides is 1. The van der Waals surface area contributed by atoms with Crippen molar-refractivity contribution in [2.45, 2.75) is 25.7 Å². The molecule has 0 saturated carbocycles. The van der Waals surface area contributed by atoms with Crippen molar-refractivity contribution < 1.29 is 14.3 Å². The van der Waals surface area contributed by atoms with E-state index in [9.17, 15) is 4.79 Å². The molecule has 1 fully saturated rings. The van der Waals surface area contributed by atoms with Gasteiger partial charge in [0.05, 0.1) is 12.8 Å². The van der Waals surface area contributed by atoms with Gasteiger partial charge in [0, 0.05) is 29.7 Å². The highest BCUT2D eigenvalue weighted by Crippen LogP contribution is 2.39. The Kier molecular flexibility index (Phi) is 7.30. The number of carbonyl (C=O) groups excluding carboxylic acids is 1. The van der Waals surface area contributed by atoms with Crippen molar-refractivity contribution in [3.8, 4) is 11.5 Å². The maximum absolute atomic E-state index is 12.9. The van der Waals surface area contributed by atoms with Crippen LogP contribution in [0.25, 0.3) is 6.08 Å². The Hall–Kier alpha value is -2.31. The van der Waals surface area contributed by atoms with Crippen molar-refractivity contribution in [3.05, 3.63) is 58.1 Å². The van der Waals surface area contributed by atoms with Gasteiger partial charge in [-0.05, 0) is 61.7 Å². The lowest BCUT2D eigenvalue weighted by Crippen LogP contribution is -2.33. The number of methoxy groups -OCH3 is 1. The molecule has 0 N–H and O–H groups in total. The summed E-state index contributed by atoms with van der Waals surface area (Å²) in [4.78, 5) is 17.2. The molecule has 1 amide bonds. The van der Waals surface area contributed by atoms with Crippen molar-refractivity contribution >= 4 is 33.6 Å². The number of rotatable bonds is 7. The van der Waals surface area contributed by atoms with Gasteiger partial charge in [-0.25, -0.2) is 0 Å². The molecule has 31 heavy (non-hydrogen) atoms. The van der Waals surface area contributed by atoms with Gasteiger partial charge in [-0.15, -0.1) is 0 Å². The van der Waals surface area contributed by atoms with E-state index in [4.69, 9.17) is 9.47 Å². The van der Waals surface area contributed by atoms with Crippen molar-refractivity contribution in [3.63, 3.8) is 0 Å².